The molecule has 1 aliphatic heterocycles. The smallest absolute Gasteiger partial charge is 0.202 e. The van der Waals surface area contributed by atoms with Gasteiger partial charge in [0, 0.05) is 11.4 Å². The first-order chi connectivity index (χ1) is 7.42. The Kier molecular flexibility index (Phi) is 2.82. The lowest BCUT2D eigenvalue weighted by atomic mass is 10.0. The average Bonchev–Trinajstić information content (AvgIpc) is 2.38. The van der Waals surface area contributed by atoms with Gasteiger partial charge < -0.3 is 5.73 Å². The van der Waals surface area contributed by atoms with E-state index in [9.17, 15) is 8.42 Å². The summed E-state index contributed by atoms with van der Waals surface area (Å²) < 4.78 is 23.7. The summed E-state index contributed by atoms with van der Waals surface area (Å²) in [5.74, 6) is 0. The van der Waals surface area contributed by atoms with Gasteiger partial charge in [-0.25, -0.2) is 8.42 Å². The molecule has 0 aromatic heterocycles. The van der Waals surface area contributed by atoms with Crippen molar-refractivity contribution in [3.05, 3.63) is 34.2 Å². The van der Waals surface area contributed by atoms with E-state index >= 15 is 0 Å². The fourth-order valence-electron chi connectivity index (χ4n) is 1.87. The normalized spacial score (nSPS) is 19.1. The topological polar surface area (TPSA) is 60.2 Å². The van der Waals surface area contributed by atoms with Crippen molar-refractivity contribution >= 4 is 27.0 Å². The van der Waals surface area contributed by atoms with Crippen molar-refractivity contribution in [2.24, 2.45) is 5.73 Å². The Labute approximate surface area is 99.8 Å². The zero-order valence-electron chi connectivity index (χ0n) is 8.77. The molecule has 1 aromatic rings. The molecule has 0 radical (unpaired) electrons. The minimum Gasteiger partial charge on any atom is -0.328 e. The molecule has 0 aliphatic carbocycles. The Morgan fingerprint density at radius 1 is 1.44 bits per heavy atom. The van der Waals surface area contributed by atoms with E-state index in [2.05, 4.69) is 0 Å². The van der Waals surface area contributed by atoms with Crippen LogP contribution in [0.15, 0.2) is 28.5 Å². The number of sulfone groups is 1. The molecule has 0 amide bonds. The fraction of sp³-hybridized carbons (Fsp3) is 0.273. The van der Waals surface area contributed by atoms with Crippen molar-refractivity contribution < 1.29 is 8.42 Å². The lowest BCUT2D eigenvalue weighted by molar-refractivity contribution is 0.605. The lowest BCUT2D eigenvalue weighted by Crippen LogP contribution is -2.14. The maximum absolute atomic E-state index is 11.9. The van der Waals surface area contributed by atoms with Crippen molar-refractivity contribution in [2.75, 3.05) is 0 Å². The van der Waals surface area contributed by atoms with Gasteiger partial charge in [-0.2, -0.15) is 0 Å². The van der Waals surface area contributed by atoms with Gasteiger partial charge in [0.2, 0.25) is 9.84 Å². The number of hydrogen-bond acceptors (Lipinski definition) is 3. The van der Waals surface area contributed by atoms with E-state index in [-0.39, 0.29) is 16.0 Å². The Morgan fingerprint density at radius 2 is 2.12 bits per heavy atom. The van der Waals surface area contributed by atoms with Crippen molar-refractivity contribution in [3.63, 3.8) is 0 Å². The van der Waals surface area contributed by atoms with Crippen molar-refractivity contribution in [1.29, 1.82) is 0 Å². The molecule has 1 atom stereocenters. The SMILES string of the molecule is CC(N)CC1=CS(=O)(=O)c2c(Cl)cccc21. The van der Waals surface area contributed by atoms with E-state index in [0.717, 1.165) is 5.57 Å². The van der Waals surface area contributed by atoms with Crippen LogP contribution in [0.2, 0.25) is 5.02 Å². The molecule has 1 heterocycles. The summed E-state index contributed by atoms with van der Waals surface area (Å²) in [7, 11) is -3.38. The highest BCUT2D eigenvalue weighted by atomic mass is 35.5. The molecule has 0 saturated carbocycles. The highest BCUT2D eigenvalue weighted by molar-refractivity contribution is 7.95. The molecule has 1 aromatic carbocycles. The summed E-state index contributed by atoms with van der Waals surface area (Å²) in [5, 5.41) is 1.54. The van der Waals surface area contributed by atoms with Gasteiger partial charge in [-0.15, -0.1) is 0 Å². The molecule has 2 N–H and O–H groups in total. The summed E-state index contributed by atoms with van der Waals surface area (Å²) in [4.78, 5) is 0.215. The summed E-state index contributed by atoms with van der Waals surface area (Å²) in [6, 6.07) is 5.02. The van der Waals surface area contributed by atoms with E-state index in [1.54, 1.807) is 18.2 Å². The number of fused-ring (bicyclic) bond motifs is 1. The predicted molar refractivity (Wildman–Crippen MR) is 64.9 cm³/mol. The van der Waals surface area contributed by atoms with E-state index in [1.807, 2.05) is 6.92 Å². The summed E-state index contributed by atoms with van der Waals surface area (Å²) in [6.07, 6.45) is 0.534. The molecular weight excluding hydrogens is 246 g/mol. The molecule has 0 saturated heterocycles. The monoisotopic (exact) mass is 257 g/mol. The van der Waals surface area contributed by atoms with E-state index in [1.165, 1.54) is 5.41 Å². The van der Waals surface area contributed by atoms with Crippen LogP contribution in [-0.2, 0) is 9.84 Å². The average molecular weight is 258 g/mol. The zero-order valence-corrected chi connectivity index (χ0v) is 10.3. The molecular formula is C11H12ClNO2S. The predicted octanol–water partition coefficient (Wildman–Crippen LogP) is 2.21. The van der Waals surface area contributed by atoms with Crippen LogP contribution in [-0.4, -0.2) is 14.5 Å². The number of hydrogen-bond donors (Lipinski definition) is 1. The maximum Gasteiger partial charge on any atom is 0.202 e. The summed E-state index contributed by atoms with van der Waals surface area (Å²) in [5.41, 5.74) is 7.12. The third kappa shape index (κ3) is 1.88. The minimum atomic E-state index is -3.38. The first kappa shape index (κ1) is 11.6. The van der Waals surface area contributed by atoms with Crippen molar-refractivity contribution in [2.45, 2.75) is 24.3 Å². The second kappa shape index (κ2) is 3.87. The van der Waals surface area contributed by atoms with E-state index in [0.29, 0.717) is 12.0 Å². The Balaban J connectivity index is 2.61. The van der Waals surface area contributed by atoms with Gasteiger partial charge in [0.25, 0.3) is 0 Å². The van der Waals surface area contributed by atoms with Crippen molar-refractivity contribution in [3.8, 4) is 0 Å². The van der Waals surface area contributed by atoms with Crippen LogP contribution in [0, 0.1) is 0 Å². The largest absolute Gasteiger partial charge is 0.328 e. The zero-order chi connectivity index (χ0) is 11.9. The molecule has 0 fully saturated rings. The molecule has 0 spiro atoms. The van der Waals surface area contributed by atoms with Crippen LogP contribution in [0.3, 0.4) is 0 Å². The number of nitrogens with two attached hydrogens (primary N) is 1. The summed E-state index contributed by atoms with van der Waals surface area (Å²) in [6.45, 7) is 1.84. The first-order valence-electron chi connectivity index (χ1n) is 4.92. The summed E-state index contributed by atoms with van der Waals surface area (Å²) >= 11 is 5.91. The minimum absolute atomic E-state index is 0.0774. The number of halogens is 1. The second-order valence-corrected chi connectivity index (χ2v) is 6.13. The molecule has 1 unspecified atom stereocenters. The fourth-order valence-corrected chi connectivity index (χ4v) is 3.92. The second-order valence-electron chi connectivity index (χ2n) is 3.99. The van der Waals surface area contributed by atoms with Gasteiger partial charge in [-0.05, 0) is 30.5 Å². The third-order valence-electron chi connectivity index (χ3n) is 2.44. The van der Waals surface area contributed by atoms with Gasteiger partial charge in [-0.3, -0.25) is 0 Å². The molecule has 0 bridgehead atoms. The molecule has 3 nitrogen and oxygen atoms in total. The van der Waals surface area contributed by atoms with Crippen LogP contribution in [0.1, 0.15) is 18.9 Å². The van der Waals surface area contributed by atoms with Crippen molar-refractivity contribution in [1.82, 2.24) is 0 Å². The standard InChI is InChI=1S/C11H12ClNO2S/c1-7(13)5-8-6-16(14,15)11-9(8)3-2-4-10(11)12/h2-4,6-7H,5,13H2,1H3. The maximum atomic E-state index is 11.9. The number of rotatable bonds is 2. The van der Waals surface area contributed by atoms with Crippen LogP contribution in [0.5, 0.6) is 0 Å². The lowest BCUT2D eigenvalue weighted by Gasteiger charge is -2.07. The Hall–Kier alpha value is -0.840. The number of benzene rings is 1. The van der Waals surface area contributed by atoms with Gasteiger partial charge in [0.1, 0.15) is 0 Å². The van der Waals surface area contributed by atoms with Crippen LogP contribution in [0.4, 0.5) is 0 Å². The van der Waals surface area contributed by atoms with Crippen LogP contribution >= 0.6 is 11.6 Å². The van der Waals surface area contributed by atoms with E-state index < -0.39 is 9.84 Å². The highest BCUT2D eigenvalue weighted by Gasteiger charge is 2.29. The third-order valence-corrected chi connectivity index (χ3v) is 4.47. The molecule has 5 heteroatoms. The van der Waals surface area contributed by atoms with Gasteiger partial charge in [-0.1, -0.05) is 23.7 Å². The highest BCUT2D eigenvalue weighted by Crippen LogP contribution is 2.39. The first-order valence-corrected chi connectivity index (χ1v) is 6.84. The Bertz CT molecular complexity index is 561. The molecule has 1 aliphatic rings. The van der Waals surface area contributed by atoms with Gasteiger partial charge in [0.15, 0.2) is 0 Å². The molecule has 86 valence electrons. The van der Waals surface area contributed by atoms with Crippen LogP contribution < -0.4 is 5.73 Å². The molecule has 16 heavy (non-hydrogen) atoms. The Morgan fingerprint density at radius 3 is 2.75 bits per heavy atom. The quantitative estimate of drug-likeness (QED) is 0.884. The molecule has 2 rings (SSSR count). The van der Waals surface area contributed by atoms with Gasteiger partial charge in [0.05, 0.1) is 9.92 Å². The van der Waals surface area contributed by atoms with Crippen LogP contribution in [0.25, 0.3) is 5.57 Å². The van der Waals surface area contributed by atoms with Gasteiger partial charge >= 0.3 is 0 Å². The van der Waals surface area contributed by atoms with E-state index in [4.69, 9.17) is 17.3 Å².